The summed E-state index contributed by atoms with van der Waals surface area (Å²) in [5.41, 5.74) is 0. The van der Waals surface area contributed by atoms with Gasteiger partial charge in [0.05, 0.1) is 7.11 Å². The minimum atomic E-state index is -0.0671. The summed E-state index contributed by atoms with van der Waals surface area (Å²) in [6.07, 6.45) is 21.0. The third kappa shape index (κ3) is 17.7. The predicted molar refractivity (Wildman–Crippen MR) is 101 cm³/mol. The topological polar surface area (TPSA) is 26.3 Å². The van der Waals surface area contributed by atoms with E-state index in [1.54, 1.807) is 0 Å². The van der Waals surface area contributed by atoms with Crippen molar-refractivity contribution in [3.63, 3.8) is 0 Å². The van der Waals surface area contributed by atoms with E-state index in [2.05, 4.69) is 18.6 Å². The van der Waals surface area contributed by atoms with Gasteiger partial charge in [-0.2, -0.15) is 0 Å². The van der Waals surface area contributed by atoms with Crippen molar-refractivity contribution in [1.29, 1.82) is 0 Å². The van der Waals surface area contributed by atoms with Crippen molar-refractivity contribution >= 4 is 5.97 Å². The van der Waals surface area contributed by atoms with E-state index in [1.807, 2.05) is 0 Å². The quantitative estimate of drug-likeness (QED) is 0.211. The average molecular weight is 327 g/mol. The van der Waals surface area contributed by atoms with Gasteiger partial charge in [-0.25, -0.2) is 0 Å². The molecule has 0 saturated heterocycles. The van der Waals surface area contributed by atoms with Crippen molar-refractivity contribution in [1.82, 2.24) is 0 Å². The standard InChI is InChI=1S/C21H42O2/c1-4-5-6-7-8-9-10-11-12-13-14-15-17-20(2)18-16-19-21(22)23-3/h20H,4-19H2,1-3H3. The number of hydrogen-bond acceptors (Lipinski definition) is 2. The molecule has 0 aliphatic rings. The van der Waals surface area contributed by atoms with Crippen LogP contribution in [-0.4, -0.2) is 13.1 Å². The molecule has 0 aliphatic heterocycles. The van der Waals surface area contributed by atoms with Crippen LogP contribution in [0.1, 0.15) is 117 Å². The maximum Gasteiger partial charge on any atom is 0.305 e. The molecule has 0 saturated carbocycles. The van der Waals surface area contributed by atoms with Crippen molar-refractivity contribution in [2.75, 3.05) is 7.11 Å². The molecule has 0 fully saturated rings. The van der Waals surface area contributed by atoms with Gasteiger partial charge in [-0.1, -0.05) is 104 Å². The SMILES string of the molecule is CCCCCCCCCCCCCCC(C)CCCC(=O)OC. The van der Waals surface area contributed by atoms with Crippen molar-refractivity contribution < 1.29 is 9.53 Å². The Bertz CT molecular complexity index is 250. The first-order chi connectivity index (χ1) is 11.2. The Labute approximate surface area is 145 Å². The molecule has 0 aromatic carbocycles. The zero-order valence-corrected chi connectivity index (χ0v) is 16.2. The Morgan fingerprint density at radius 3 is 1.65 bits per heavy atom. The molecule has 1 unspecified atom stereocenters. The Kier molecular flexibility index (Phi) is 17.4. The van der Waals surface area contributed by atoms with Gasteiger partial charge in [0.1, 0.15) is 0 Å². The summed E-state index contributed by atoms with van der Waals surface area (Å²) in [4.78, 5) is 11.0. The Morgan fingerprint density at radius 1 is 0.739 bits per heavy atom. The molecule has 138 valence electrons. The molecule has 23 heavy (non-hydrogen) atoms. The summed E-state index contributed by atoms with van der Waals surface area (Å²) < 4.78 is 4.67. The number of carbonyl (C=O) groups excluding carboxylic acids is 1. The molecule has 0 rings (SSSR count). The van der Waals surface area contributed by atoms with Crippen LogP contribution in [0.15, 0.2) is 0 Å². The summed E-state index contributed by atoms with van der Waals surface area (Å²) in [5, 5.41) is 0. The van der Waals surface area contributed by atoms with Crippen LogP contribution in [0.4, 0.5) is 0 Å². The molecule has 1 atom stereocenters. The van der Waals surface area contributed by atoms with Crippen LogP contribution in [0.2, 0.25) is 0 Å². The monoisotopic (exact) mass is 326 g/mol. The fourth-order valence-corrected chi connectivity index (χ4v) is 3.18. The third-order valence-corrected chi connectivity index (χ3v) is 4.86. The second kappa shape index (κ2) is 17.8. The van der Waals surface area contributed by atoms with Crippen molar-refractivity contribution in [2.45, 2.75) is 117 Å². The predicted octanol–water partition coefficient (Wildman–Crippen LogP) is 7.06. The molecule has 0 radical (unpaired) electrons. The number of carbonyl (C=O) groups is 1. The molecule has 0 N–H and O–H groups in total. The van der Waals surface area contributed by atoms with E-state index < -0.39 is 0 Å². The average Bonchev–Trinajstić information content (AvgIpc) is 2.55. The molecular formula is C21H42O2. The van der Waals surface area contributed by atoms with Gasteiger partial charge >= 0.3 is 5.97 Å². The maximum atomic E-state index is 11.0. The highest BCUT2D eigenvalue weighted by Crippen LogP contribution is 2.17. The molecule has 2 heteroatoms. The minimum absolute atomic E-state index is 0.0671. The van der Waals surface area contributed by atoms with E-state index in [4.69, 9.17) is 0 Å². The summed E-state index contributed by atoms with van der Waals surface area (Å²) in [7, 11) is 1.47. The van der Waals surface area contributed by atoms with Crippen LogP contribution in [0.5, 0.6) is 0 Å². The van der Waals surface area contributed by atoms with Crippen LogP contribution in [0.3, 0.4) is 0 Å². The third-order valence-electron chi connectivity index (χ3n) is 4.86. The van der Waals surface area contributed by atoms with Gasteiger partial charge in [0.25, 0.3) is 0 Å². The van der Waals surface area contributed by atoms with Gasteiger partial charge in [-0.3, -0.25) is 4.79 Å². The molecular weight excluding hydrogens is 284 g/mol. The number of rotatable bonds is 17. The normalized spacial score (nSPS) is 12.3. The first-order valence-corrected chi connectivity index (χ1v) is 10.3. The van der Waals surface area contributed by atoms with Crippen LogP contribution in [0, 0.1) is 5.92 Å². The lowest BCUT2D eigenvalue weighted by atomic mass is 9.96. The van der Waals surface area contributed by atoms with Crippen LogP contribution in [0.25, 0.3) is 0 Å². The highest BCUT2D eigenvalue weighted by molar-refractivity contribution is 5.68. The van der Waals surface area contributed by atoms with Crippen LogP contribution >= 0.6 is 0 Å². The van der Waals surface area contributed by atoms with Gasteiger partial charge in [0.2, 0.25) is 0 Å². The number of hydrogen-bond donors (Lipinski definition) is 0. The molecule has 0 bridgehead atoms. The lowest BCUT2D eigenvalue weighted by molar-refractivity contribution is -0.140. The number of unbranched alkanes of at least 4 members (excludes halogenated alkanes) is 11. The maximum absolute atomic E-state index is 11.0. The van der Waals surface area contributed by atoms with Gasteiger partial charge in [-0.05, 0) is 12.3 Å². The fourth-order valence-electron chi connectivity index (χ4n) is 3.18. The lowest BCUT2D eigenvalue weighted by Crippen LogP contribution is -2.02. The fraction of sp³-hybridized carbons (Fsp3) is 0.952. The molecule has 0 aromatic rings. The van der Waals surface area contributed by atoms with Crippen molar-refractivity contribution in [3.8, 4) is 0 Å². The van der Waals surface area contributed by atoms with E-state index in [0.717, 1.165) is 18.8 Å². The van der Waals surface area contributed by atoms with Crippen LogP contribution in [-0.2, 0) is 9.53 Å². The van der Waals surface area contributed by atoms with E-state index >= 15 is 0 Å². The summed E-state index contributed by atoms with van der Waals surface area (Å²) in [6.45, 7) is 4.60. The minimum Gasteiger partial charge on any atom is -0.469 e. The van der Waals surface area contributed by atoms with Gasteiger partial charge in [-0.15, -0.1) is 0 Å². The summed E-state index contributed by atoms with van der Waals surface area (Å²) in [6, 6.07) is 0. The van der Waals surface area contributed by atoms with E-state index in [1.165, 1.54) is 90.6 Å². The van der Waals surface area contributed by atoms with Crippen LogP contribution < -0.4 is 0 Å². The van der Waals surface area contributed by atoms with Crippen molar-refractivity contribution in [3.05, 3.63) is 0 Å². The molecule has 2 nitrogen and oxygen atoms in total. The molecule has 0 aromatic heterocycles. The zero-order chi connectivity index (χ0) is 17.2. The smallest absolute Gasteiger partial charge is 0.305 e. The lowest BCUT2D eigenvalue weighted by Gasteiger charge is -2.10. The molecule has 0 amide bonds. The van der Waals surface area contributed by atoms with Gasteiger partial charge < -0.3 is 4.74 Å². The Hall–Kier alpha value is -0.530. The highest BCUT2D eigenvalue weighted by Gasteiger charge is 2.05. The first-order valence-electron chi connectivity index (χ1n) is 10.3. The van der Waals surface area contributed by atoms with E-state index in [-0.39, 0.29) is 5.97 Å². The second-order valence-electron chi connectivity index (χ2n) is 7.25. The molecule has 0 heterocycles. The first kappa shape index (κ1) is 22.5. The summed E-state index contributed by atoms with van der Waals surface area (Å²) in [5.74, 6) is 0.686. The number of esters is 1. The Balaban J connectivity index is 3.16. The van der Waals surface area contributed by atoms with Gasteiger partial charge in [0.15, 0.2) is 0 Å². The number of ether oxygens (including phenoxy) is 1. The van der Waals surface area contributed by atoms with Gasteiger partial charge in [0, 0.05) is 6.42 Å². The second-order valence-corrected chi connectivity index (χ2v) is 7.25. The molecule has 0 aliphatic carbocycles. The zero-order valence-electron chi connectivity index (χ0n) is 16.2. The Morgan fingerprint density at radius 2 is 1.17 bits per heavy atom. The van der Waals surface area contributed by atoms with Crippen molar-refractivity contribution in [2.24, 2.45) is 5.92 Å². The largest absolute Gasteiger partial charge is 0.469 e. The number of methoxy groups -OCH3 is 1. The highest BCUT2D eigenvalue weighted by atomic mass is 16.5. The van der Waals surface area contributed by atoms with E-state index in [9.17, 15) is 4.79 Å². The van der Waals surface area contributed by atoms with E-state index in [0.29, 0.717) is 6.42 Å². The summed E-state index contributed by atoms with van der Waals surface area (Å²) >= 11 is 0. The molecule has 0 spiro atoms.